The second-order valence-corrected chi connectivity index (χ2v) is 7.27. The molecule has 0 radical (unpaired) electrons. The Kier molecular flexibility index (Phi) is 5.42. The number of benzene rings is 3. The molecule has 0 aliphatic heterocycles. The van der Waals surface area contributed by atoms with E-state index in [0.717, 1.165) is 16.7 Å². The fourth-order valence-corrected chi connectivity index (χ4v) is 4.14. The molecule has 0 bridgehead atoms. The highest BCUT2D eigenvalue weighted by Crippen LogP contribution is 2.50. The number of carbonyl (C=O) groups is 1. The van der Waals surface area contributed by atoms with Crippen LogP contribution in [0.2, 0.25) is 0 Å². The first-order chi connectivity index (χ1) is 14.6. The maximum Gasteiger partial charge on any atom is 0.337 e. The number of esters is 1. The number of hydrogen-bond acceptors (Lipinski definition) is 4. The Labute approximate surface area is 176 Å². The summed E-state index contributed by atoms with van der Waals surface area (Å²) in [6, 6.07) is 24.9. The maximum absolute atomic E-state index is 13.2. The second-order valence-electron chi connectivity index (χ2n) is 7.27. The van der Waals surface area contributed by atoms with E-state index in [1.165, 1.54) is 0 Å². The summed E-state index contributed by atoms with van der Waals surface area (Å²) in [4.78, 5) is 13.2. The summed E-state index contributed by atoms with van der Waals surface area (Å²) in [5.74, 6) is 0.114. The van der Waals surface area contributed by atoms with Crippen molar-refractivity contribution in [2.24, 2.45) is 0 Å². The molecule has 4 heteroatoms. The summed E-state index contributed by atoms with van der Waals surface area (Å²) in [5.41, 5.74) is 2.66. The maximum atomic E-state index is 13.2. The molecule has 0 saturated carbocycles. The Bertz CT molecular complexity index is 1090. The fourth-order valence-electron chi connectivity index (χ4n) is 4.14. The minimum atomic E-state index is -1.54. The van der Waals surface area contributed by atoms with Crippen LogP contribution in [0.4, 0.5) is 0 Å². The predicted octanol–water partition coefficient (Wildman–Crippen LogP) is 4.50. The van der Waals surface area contributed by atoms with Crippen LogP contribution in [0.1, 0.15) is 29.2 Å². The van der Waals surface area contributed by atoms with E-state index in [4.69, 9.17) is 9.47 Å². The second kappa shape index (κ2) is 8.17. The molecule has 3 aromatic rings. The molecule has 152 valence electrons. The first-order valence-corrected chi connectivity index (χ1v) is 10.0. The van der Waals surface area contributed by atoms with Gasteiger partial charge >= 0.3 is 5.97 Å². The summed E-state index contributed by atoms with van der Waals surface area (Å²) < 4.78 is 10.8. The van der Waals surface area contributed by atoms with E-state index in [1.54, 1.807) is 14.0 Å². The van der Waals surface area contributed by atoms with E-state index >= 15 is 0 Å². The molecule has 1 aliphatic rings. The SMILES string of the molecule is CCOC(=O)C1=C(c2ccccc2)c2ccc(OC)cc2C1(O)Cc1ccccc1. The molecule has 0 amide bonds. The van der Waals surface area contributed by atoms with Crippen molar-refractivity contribution >= 4 is 11.5 Å². The van der Waals surface area contributed by atoms with Gasteiger partial charge in [0.1, 0.15) is 11.4 Å². The first-order valence-electron chi connectivity index (χ1n) is 10.0. The number of ether oxygens (including phenoxy) is 2. The molecule has 0 heterocycles. The zero-order valence-electron chi connectivity index (χ0n) is 17.1. The van der Waals surface area contributed by atoms with Gasteiger partial charge in [0, 0.05) is 17.6 Å². The first kappa shape index (κ1) is 19.9. The Morgan fingerprint density at radius 1 is 0.967 bits per heavy atom. The molecular weight excluding hydrogens is 376 g/mol. The summed E-state index contributed by atoms with van der Waals surface area (Å²) in [7, 11) is 1.59. The van der Waals surface area contributed by atoms with E-state index < -0.39 is 11.6 Å². The van der Waals surface area contributed by atoms with Crippen LogP contribution in [0, 0.1) is 0 Å². The number of rotatable bonds is 6. The standard InChI is InChI=1S/C26H24O4/c1-3-30-25(27)24-23(19-12-8-5-9-13-19)21-15-14-20(29-2)16-22(21)26(24,28)17-18-10-6-4-7-11-18/h4-16,28H,3,17H2,1-2H3. The Morgan fingerprint density at radius 3 is 2.27 bits per heavy atom. The Hall–Kier alpha value is -3.37. The summed E-state index contributed by atoms with van der Waals surface area (Å²) in [6.07, 6.45) is 0.249. The van der Waals surface area contributed by atoms with Crippen molar-refractivity contribution in [3.8, 4) is 5.75 Å². The molecule has 30 heavy (non-hydrogen) atoms. The molecule has 1 aliphatic carbocycles. The third-order valence-electron chi connectivity index (χ3n) is 5.45. The van der Waals surface area contributed by atoms with Gasteiger partial charge < -0.3 is 14.6 Å². The Morgan fingerprint density at radius 2 is 1.63 bits per heavy atom. The van der Waals surface area contributed by atoms with Gasteiger partial charge in [0.25, 0.3) is 0 Å². The van der Waals surface area contributed by atoms with Crippen LogP contribution in [-0.2, 0) is 21.6 Å². The van der Waals surface area contributed by atoms with Gasteiger partial charge in [-0.15, -0.1) is 0 Å². The highest BCUT2D eigenvalue weighted by Gasteiger charge is 2.48. The number of fused-ring (bicyclic) bond motifs is 1. The highest BCUT2D eigenvalue weighted by atomic mass is 16.5. The van der Waals surface area contributed by atoms with Gasteiger partial charge in [-0.3, -0.25) is 0 Å². The monoisotopic (exact) mass is 400 g/mol. The largest absolute Gasteiger partial charge is 0.497 e. The molecular formula is C26H24O4. The van der Waals surface area contributed by atoms with Crippen LogP contribution >= 0.6 is 0 Å². The van der Waals surface area contributed by atoms with Crippen molar-refractivity contribution in [3.05, 3.63) is 107 Å². The van der Waals surface area contributed by atoms with Gasteiger partial charge in [0.15, 0.2) is 0 Å². The molecule has 1 unspecified atom stereocenters. The molecule has 1 N–H and O–H groups in total. The lowest BCUT2D eigenvalue weighted by molar-refractivity contribution is -0.141. The number of hydrogen-bond donors (Lipinski definition) is 1. The zero-order valence-corrected chi connectivity index (χ0v) is 17.1. The van der Waals surface area contributed by atoms with E-state index in [2.05, 4.69) is 0 Å². The number of aliphatic hydroxyl groups is 1. The van der Waals surface area contributed by atoms with Gasteiger partial charge in [-0.1, -0.05) is 66.7 Å². The van der Waals surface area contributed by atoms with Crippen molar-refractivity contribution in [2.45, 2.75) is 18.9 Å². The summed E-state index contributed by atoms with van der Waals surface area (Å²) in [6.45, 7) is 1.99. The fraction of sp³-hybridized carbons (Fsp3) is 0.192. The van der Waals surface area contributed by atoms with Gasteiger partial charge in [-0.2, -0.15) is 0 Å². The molecule has 3 aromatic carbocycles. The van der Waals surface area contributed by atoms with Crippen LogP contribution in [0.3, 0.4) is 0 Å². The lowest BCUT2D eigenvalue weighted by Crippen LogP contribution is -2.33. The van der Waals surface area contributed by atoms with Crippen molar-refractivity contribution < 1.29 is 19.4 Å². The van der Waals surface area contributed by atoms with Crippen molar-refractivity contribution in [2.75, 3.05) is 13.7 Å². The Balaban J connectivity index is 2.00. The smallest absolute Gasteiger partial charge is 0.337 e. The van der Waals surface area contributed by atoms with E-state index in [-0.39, 0.29) is 18.6 Å². The number of carbonyl (C=O) groups excluding carboxylic acids is 1. The third kappa shape index (κ3) is 3.40. The quantitative estimate of drug-likeness (QED) is 0.619. The lowest BCUT2D eigenvalue weighted by Gasteiger charge is -2.27. The zero-order chi connectivity index (χ0) is 21.1. The topological polar surface area (TPSA) is 55.8 Å². The average Bonchev–Trinajstić information content (AvgIpc) is 3.03. The van der Waals surface area contributed by atoms with Crippen molar-refractivity contribution in [3.63, 3.8) is 0 Å². The molecule has 0 spiro atoms. The van der Waals surface area contributed by atoms with Crippen LogP contribution < -0.4 is 4.74 Å². The molecule has 0 aromatic heterocycles. The molecule has 4 rings (SSSR count). The number of methoxy groups -OCH3 is 1. The molecule has 0 saturated heterocycles. The minimum Gasteiger partial charge on any atom is -0.497 e. The van der Waals surface area contributed by atoms with Crippen molar-refractivity contribution in [1.82, 2.24) is 0 Å². The van der Waals surface area contributed by atoms with Crippen LogP contribution in [0.5, 0.6) is 5.75 Å². The highest BCUT2D eigenvalue weighted by molar-refractivity contribution is 6.07. The van der Waals surface area contributed by atoms with Gasteiger partial charge in [-0.25, -0.2) is 4.79 Å². The van der Waals surface area contributed by atoms with Crippen molar-refractivity contribution in [1.29, 1.82) is 0 Å². The van der Waals surface area contributed by atoms with Gasteiger partial charge in [-0.05, 0) is 35.7 Å². The van der Waals surface area contributed by atoms with Crippen LogP contribution in [0.15, 0.2) is 84.4 Å². The van der Waals surface area contributed by atoms with E-state index in [1.807, 2.05) is 78.9 Å². The van der Waals surface area contributed by atoms with Gasteiger partial charge in [0.05, 0.1) is 19.3 Å². The lowest BCUT2D eigenvalue weighted by atomic mass is 9.84. The normalized spacial score (nSPS) is 17.6. The summed E-state index contributed by atoms with van der Waals surface area (Å²) >= 11 is 0. The van der Waals surface area contributed by atoms with E-state index in [9.17, 15) is 9.90 Å². The van der Waals surface area contributed by atoms with Crippen LogP contribution in [0.25, 0.3) is 5.57 Å². The predicted molar refractivity (Wildman–Crippen MR) is 116 cm³/mol. The third-order valence-corrected chi connectivity index (χ3v) is 5.45. The minimum absolute atomic E-state index is 0.228. The average molecular weight is 400 g/mol. The van der Waals surface area contributed by atoms with Crippen LogP contribution in [-0.4, -0.2) is 24.8 Å². The molecule has 0 fully saturated rings. The van der Waals surface area contributed by atoms with E-state index in [0.29, 0.717) is 16.9 Å². The molecule has 4 nitrogen and oxygen atoms in total. The summed E-state index contributed by atoms with van der Waals surface area (Å²) in [5, 5.41) is 12.1. The molecule has 1 atom stereocenters. The van der Waals surface area contributed by atoms with Gasteiger partial charge in [0.2, 0.25) is 0 Å².